The molecule has 2 aromatic carbocycles. The van der Waals surface area contributed by atoms with Crippen LogP contribution in [0.5, 0.6) is 5.75 Å². The summed E-state index contributed by atoms with van der Waals surface area (Å²) in [5.74, 6) is 0.878. The zero-order chi connectivity index (χ0) is 17.9. The smallest absolute Gasteiger partial charge is 1.00 e. The van der Waals surface area contributed by atoms with Crippen LogP contribution in [0.25, 0.3) is 0 Å². The van der Waals surface area contributed by atoms with E-state index in [0.29, 0.717) is 6.61 Å². The third kappa shape index (κ3) is 5.72. The van der Waals surface area contributed by atoms with Gasteiger partial charge in [-0.05, 0) is 68.9 Å². The van der Waals surface area contributed by atoms with Crippen LogP contribution in [-0.2, 0) is 5.41 Å². The van der Waals surface area contributed by atoms with Crippen LogP contribution in [0.1, 0.15) is 56.2 Å². The van der Waals surface area contributed by atoms with Gasteiger partial charge < -0.3 is 6.16 Å². The van der Waals surface area contributed by atoms with Crippen LogP contribution in [0, 0.1) is 13.8 Å². The first-order valence-corrected chi connectivity index (χ1v) is 9.38. The number of aryl methyl sites for hydroxylation is 2. The van der Waals surface area contributed by atoms with Gasteiger partial charge in [0.05, 0.1) is 6.61 Å². The van der Waals surface area contributed by atoms with Gasteiger partial charge in [-0.1, -0.05) is 45.0 Å². The van der Waals surface area contributed by atoms with Crippen molar-refractivity contribution >= 4 is 19.4 Å². The van der Waals surface area contributed by atoms with Gasteiger partial charge in [-0.2, -0.15) is 0 Å². The van der Waals surface area contributed by atoms with Gasteiger partial charge >= 0.3 is 18.9 Å². The molecule has 4 heteroatoms. The minimum absolute atomic E-state index is 0. The van der Waals surface area contributed by atoms with Crippen LogP contribution in [0.15, 0.2) is 36.4 Å². The molecule has 1 atom stereocenters. The van der Waals surface area contributed by atoms with Crippen molar-refractivity contribution in [2.75, 3.05) is 6.61 Å². The molecule has 0 saturated heterocycles. The Morgan fingerprint density at radius 1 is 1.08 bits per heavy atom. The molecule has 0 heterocycles. The number of hydrogen-bond donors (Lipinski definition) is 0. The van der Waals surface area contributed by atoms with Crippen LogP contribution in [0.3, 0.4) is 0 Å². The van der Waals surface area contributed by atoms with E-state index < -0.39 is 0 Å². The summed E-state index contributed by atoms with van der Waals surface area (Å²) in [5.41, 5.74) is 4.56. The monoisotopic (exact) mass is 350 g/mol. The average molecular weight is 350 g/mol. The topological polar surface area (TPSA) is 26.3 Å². The van der Waals surface area contributed by atoms with E-state index in [1.165, 1.54) is 5.56 Å². The van der Waals surface area contributed by atoms with Gasteiger partial charge in [0, 0.05) is 5.56 Å². The fraction of sp³-hybridized carbons (Fsp3) is 0.381. The van der Waals surface area contributed by atoms with Crippen LogP contribution >= 0.6 is 8.58 Å². The zero-order valence-electron chi connectivity index (χ0n) is 17.5. The molecule has 0 aliphatic carbocycles. The molecule has 0 bridgehead atoms. The van der Waals surface area contributed by atoms with Gasteiger partial charge in [0.2, 0.25) is 0 Å². The first kappa shape index (κ1) is 22.0. The zero-order valence-corrected chi connectivity index (χ0v) is 17.5. The molecular formula is C21H28LiO2P. The average Bonchev–Trinajstić information content (AvgIpc) is 2.50. The van der Waals surface area contributed by atoms with E-state index >= 15 is 0 Å². The van der Waals surface area contributed by atoms with E-state index in [4.69, 9.17) is 4.74 Å². The van der Waals surface area contributed by atoms with Gasteiger partial charge in [-0.15, -0.1) is 0 Å². The molecule has 130 valence electrons. The van der Waals surface area contributed by atoms with Gasteiger partial charge in [0.15, 0.2) is 5.52 Å². The van der Waals surface area contributed by atoms with Gasteiger partial charge in [0.25, 0.3) is 0 Å². The third-order valence-electron chi connectivity index (χ3n) is 4.07. The van der Waals surface area contributed by atoms with Crippen molar-refractivity contribution in [2.24, 2.45) is 0 Å². The molecule has 0 radical (unpaired) electrons. The predicted molar refractivity (Wildman–Crippen MR) is 106 cm³/mol. The predicted octanol–water partition coefficient (Wildman–Crippen LogP) is 2.26. The first-order chi connectivity index (χ1) is 11.2. The van der Waals surface area contributed by atoms with E-state index in [2.05, 4.69) is 32.9 Å². The molecule has 0 saturated carbocycles. The van der Waals surface area contributed by atoms with E-state index in [1.807, 2.05) is 45.0 Å². The maximum absolute atomic E-state index is 12.7. The molecule has 1 unspecified atom stereocenters. The van der Waals surface area contributed by atoms with Crippen molar-refractivity contribution in [1.29, 1.82) is 0 Å². The fourth-order valence-corrected chi connectivity index (χ4v) is 3.75. The molecule has 0 spiro atoms. The SMILES string of the molecule is CCOc1cc(C)c(PC(=O)c2ccc(C(C)(C)C)cc2)c(C)c1.[H-].[Li+]. The normalized spacial score (nSPS) is 11.4. The Balaban J connectivity index is 0.00000312. The summed E-state index contributed by atoms with van der Waals surface area (Å²) in [4.78, 5) is 12.7. The van der Waals surface area contributed by atoms with Crippen LogP contribution in [-0.4, -0.2) is 12.1 Å². The van der Waals surface area contributed by atoms with Crippen molar-refractivity contribution in [1.82, 2.24) is 0 Å². The Bertz CT molecular complexity index is 714. The van der Waals surface area contributed by atoms with E-state index in [-0.39, 0.29) is 39.8 Å². The second-order valence-electron chi connectivity index (χ2n) is 7.15. The second-order valence-corrected chi connectivity index (χ2v) is 8.35. The van der Waals surface area contributed by atoms with E-state index in [9.17, 15) is 4.79 Å². The Morgan fingerprint density at radius 2 is 1.60 bits per heavy atom. The summed E-state index contributed by atoms with van der Waals surface area (Å²) in [6.45, 7) is 13.3. The summed E-state index contributed by atoms with van der Waals surface area (Å²) in [7, 11) is 0.141. The van der Waals surface area contributed by atoms with Crippen molar-refractivity contribution in [2.45, 2.75) is 47.0 Å². The molecule has 0 amide bonds. The number of carbonyl (C=O) groups excluding carboxylic acids is 1. The molecule has 0 aliphatic rings. The third-order valence-corrected chi connectivity index (χ3v) is 5.62. The molecule has 0 fully saturated rings. The summed E-state index contributed by atoms with van der Waals surface area (Å²) in [6.07, 6.45) is 0. The van der Waals surface area contributed by atoms with Crippen molar-refractivity contribution in [3.05, 3.63) is 58.7 Å². The summed E-state index contributed by atoms with van der Waals surface area (Å²) in [5, 5.41) is 1.13. The van der Waals surface area contributed by atoms with Crippen LogP contribution in [0.2, 0.25) is 0 Å². The molecule has 2 rings (SSSR count). The molecule has 0 aliphatic heterocycles. The molecule has 2 nitrogen and oxygen atoms in total. The Morgan fingerprint density at radius 3 is 2.04 bits per heavy atom. The van der Waals surface area contributed by atoms with Gasteiger partial charge in [-0.3, -0.25) is 4.79 Å². The number of ether oxygens (including phenoxy) is 1. The number of rotatable bonds is 5. The van der Waals surface area contributed by atoms with Crippen molar-refractivity contribution in [3.63, 3.8) is 0 Å². The quantitative estimate of drug-likeness (QED) is 0.611. The van der Waals surface area contributed by atoms with Crippen LogP contribution in [0.4, 0.5) is 0 Å². The maximum atomic E-state index is 12.7. The van der Waals surface area contributed by atoms with Crippen molar-refractivity contribution < 1.29 is 29.8 Å². The maximum Gasteiger partial charge on any atom is 1.00 e. The minimum atomic E-state index is 0. The Kier molecular flexibility index (Phi) is 7.95. The molecule has 2 aromatic rings. The van der Waals surface area contributed by atoms with Gasteiger partial charge in [0.1, 0.15) is 5.75 Å². The number of carbonyl (C=O) groups is 1. The molecule has 0 N–H and O–H groups in total. The molecular weight excluding hydrogens is 322 g/mol. The molecule has 0 aromatic heterocycles. The van der Waals surface area contributed by atoms with Gasteiger partial charge in [-0.25, -0.2) is 0 Å². The van der Waals surface area contributed by atoms with Crippen molar-refractivity contribution in [3.8, 4) is 5.75 Å². The number of benzene rings is 2. The van der Waals surface area contributed by atoms with Crippen LogP contribution < -0.4 is 28.9 Å². The largest absolute Gasteiger partial charge is 1.00 e. The van der Waals surface area contributed by atoms with E-state index in [0.717, 1.165) is 27.7 Å². The number of hydrogen-bond acceptors (Lipinski definition) is 2. The minimum Gasteiger partial charge on any atom is -1.00 e. The Hall–Kier alpha value is -1.06. The molecule has 25 heavy (non-hydrogen) atoms. The fourth-order valence-electron chi connectivity index (χ4n) is 2.68. The second kappa shape index (κ2) is 9.04. The standard InChI is InChI=1S/C21H27O2P.Li.H/c1-7-23-18-12-14(2)19(15(3)13-18)24-20(22)16-8-10-17(11-9-16)21(4,5)6;;/h8-13,24H,7H2,1-6H3;;/q;+1;-1. The summed E-state index contributed by atoms with van der Waals surface area (Å²) < 4.78 is 5.58. The summed E-state index contributed by atoms with van der Waals surface area (Å²) in [6, 6.07) is 12.1. The summed E-state index contributed by atoms with van der Waals surface area (Å²) >= 11 is 0. The Labute approximate surface area is 167 Å². The first-order valence-electron chi connectivity index (χ1n) is 8.38. The van der Waals surface area contributed by atoms with E-state index in [1.54, 1.807) is 0 Å².